The third-order valence-electron chi connectivity index (χ3n) is 4.50. The Morgan fingerprint density at radius 2 is 2.05 bits per heavy atom. The zero-order valence-corrected chi connectivity index (χ0v) is 13.5. The average molecular weight is 345 g/mol. The van der Waals surface area contributed by atoms with Gasteiger partial charge in [-0.15, -0.1) is 0 Å². The molecular weight excluding hydrogens is 327 g/mol. The van der Waals surface area contributed by atoms with E-state index in [1.807, 2.05) is 9.80 Å². The third kappa shape index (κ3) is 2.78. The van der Waals surface area contributed by atoms with Gasteiger partial charge in [0, 0.05) is 37.2 Å². The van der Waals surface area contributed by atoms with Gasteiger partial charge in [-0.25, -0.2) is 0 Å². The van der Waals surface area contributed by atoms with Gasteiger partial charge in [0.2, 0.25) is 5.91 Å². The van der Waals surface area contributed by atoms with Gasteiger partial charge in [0.15, 0.2) is 0 Å². The normalized spacial score (nSPS) is 25.6. The molecule has 2 aliphatic heterocycles. The van der Waals surface area contributed by atoms with Gasteiger partial charge in [-0.2, -0.15) is 0 Å². The van der Waals surface area contributed by atoms with E-state index in [0.717, 1.165) is 13.0 Å². The zero-order valence-electron chi connectivity index (χ0n) is 12.0. The highest BCUT2D eigenvalue weighted by Crippen LogP contribution is 2.43. The molecule has 2 aliphatic rings. The summed E-state index contributed by atoms with van der Waals surface area (Å²) in [7, 11) is 0. The summed E-state index contributed by atoms with van der Waals surface area (Å²) in [5.74, 6) is 0.165. The van der Waals surface area contributed by atoms with Crippen LogP contribution in [0.4, 0.5) is 0 Å². The lowest BCUT2D eigenvalue weighted by molar-refractivity contribution is -0.137. The van der Waals surface area contributed by atoms with E-state index in [0.29, 0.717) is 35.2 Å². The van der Waals surface area contributed by atoms with Gasteiger partial charge < -0.3 is 15.1 Å². The molecule has 7 heteroatoms. The minimum atomic E-state index is -0.0192. The highest BCUT2D eigenvalue weighted by atomic mass is 35.5. The zero-order chi connectivity index (χ0) is 15.9. The molecule has 120 valence electrons. The summed E-state index contributed by atoms with van der Waals surface area (Å²) in [6.07, 6.45) is 0.737. The van der Waals surface area contributed by atoms with Crippen molar-refractivity contribution in [2.45, 2.75) is 18.4 Å². The lowest BCUT2D eigenvalue weighted by Crippen LogP contribution is -2.54. The number of amides is 1. The number of rotatable bonds is 3. The number of aliphatic hydroxyl groups is 1. The van der Waals surface area contributed by atoms with Crippen molar-refractivity contribution < 1.29 is 15.0 Å². The van der Waals surface area contributed by atoms with E-state index in [4.69, 9.17) is 28.3 Å². The molecule has 3 rings (SSSR count). The van der Waals surface area contributed by atoms with Crippen molar-refractivity contribution in [3.8, 4) is 5.75 Å². The lowest BCUT2D eigenvalue weighted by Gasteiger charge is -2.36. The maximum absolute atomic E-state index is 12.3. The SMILES string of the molecule is O=C1CN(CCO)C[C@@H]2C[C@H](c3c(O)ccc(Cl)c3Cl)CN12. The fraction of sp³-hybridized carbons (Fsp3) is 0.533. The van der Waals surface area contributed by atoms with Crippen molar-refractivity contribution in [1.29, 1.82) is 0 Å². The monoisotopic (exact) mass is 344 g/mol. The Labute approximate surface area is 139 Å². The predicted octanol–water partition coefficient (Wildman–Crippen LogP) is 1.69. The Morgan fingerprint density at radius 3 is 2.77 bits per heavy atom. The van der Waals surface area contributed by atoms with Gasteiger partial charge in [0.05, 0.1) is 23.2 Å². The van der Waals surface area contributed by atoms with Gasteiger partial charge in [-0.05, 0) is 18.6 Å². The number of hydrogen-bond donors (Lipinski definition) is 2. The number of nitrogens with zero attached hydrogens (tertiary/aromatic N) is 2. The van der Waals surface area contributed by atoms with Crippen LogP contribution in [0.1, 0.15) is 17.9 Å². The number of β-amino-alcohol motifs (C(OH)–C–C–N with tert-alkyl or cyclic N) is 1. The van der Waals surface area contributed by atoms with Crippen LogP contribution in [0.25, 0.3) is 0 Å². The van der Waals surface area contributed by atoms with Gasteiger partial charge in [0.1, 0.15) is 5.75 Å². The van der Waals surface area contributed by atoms with Crippen LogP contribution < -0.4 is 0 Å². The van der Waals surface area contributed by atoms with Crippen molar-refractivity contribution in [2.75, 3.05) is 32.8 Å². The molecule has 2 atom stereocenters. The van der Waals surface area contributed by atoms with Crippen LogP contribution in [0.5, 0.6) is 5.75 Å². The van der Waals surface area contributed by atoms with Crippen LogP contribution in [-0.2, 0) is 4.79 Å². The van der Waals surface area contributed by atoms with Gasteiger partial charge in [0.25, 0.3) is 0 Å². The van der Waals surface area contributed by atoms with Crippen molar-refractivity contribution in [3.05, 3.63) is 27.7 Å². The summed E-state index contributed by atoms with van der Waals surface area (Å²) >= 11 is 12.3. The number of phenols is 1. The smallest absolute Gasteiger partial charge is 0.237 e. The molecule has 1 aromatic carbocycles. The van der Waals surface area contributed by atoms with Crippen LogP contribution in [0.2, 0.25) is 10.0 Å². The van der Waals surface area contributed by atoms with Crippen molar-refractivity contribution >= 4 is 29.1 Å². The summed E-state index contributed by atoms with van der Waals surface area (Å²) in [5.41, 5.74) is 0.630. The van der Waals surface area contributed by atoms with E-state index >= 15 is 0 Å². The van der Waals surface area contributed by atoms with Crippen LogP contribution in [0.3, 0.4) is 0 Å². The van der Waals surface area contributed by atoms with Crippen LogP contribution in [0.15, 0.2) is 12.1 Å². The molecule has 0 aliphatic carbocycles. The van der Waals surface area contributed by atoms with Gasteiger partial charge >= 0.3 is 0 Å². The molecule has 0 radical (unpaired) electrons. The first kappa shape index (κ1) is 15.9. The Bertz CT molecular complexity index is 596. The second kappa shape index (κ2) is 6.24. The number of carbonyl (C=O) groups excluding carboxylic acids is 1. The summed E-state index contributed by atoms with van der Waals surface area (Å²) < 4.78 is 0. The summed E-state index contributed by atoms with van der Waals surface area (Å²) in [4.78, 5) is 16.1. The number of benzene rings is 1. The van der Waals surface area contributed by atoms with E-state index in [1.165, 1.54) is 0 Å². The molecule has 2 N–H and O–H groups in total. The molecule has 2 heterocycles. The lowest BCUT2D eigenvalue weighted by atomic mass is 9.95. The maximum atomic E-state index is 12.3. The second-order valence-electron chi connectivity index (χ2n) is 5.89. The molecule has 0 unspecified atom stereocenters. The first-order chi connectivity index (χ1) is 10.5. The number of fused-ring (bicyclic) bond motifs is 1. The number of phenolic OH excluding ortho intramolecular Hbond substituents is 1. The first-order valence-electron chi connectivity index (χ1n) is 7.30. The fourth-order valence-corrected chi connectivity index (χ4v) is 3.98. The number of carbonyl (C=O) groups is 1. The van der Waals surface area contributed by atoms with E-state index in [-0.39, 0.29) is 30.2 Å². The van der Waals surface area contributed by atoms with E-state index < -0.39 is 0 Å². The Morgan fingerprint density at radius 1 is 1.27 bits per heavy atom. The number of aromatic hydroxyl groups is 1. The molecule has 2 fully saturated rings. The molecule has 1 aromatic rings. The summed E-state index contributed by atoms with van der Waals surface area (Å²) in [5, 5.41) is 19.9. The number of hydrogen-bond acceptors (Lipinski definition) is 4. The van der Waals surface area contributed by atoms with E-state index in [2.05, 4.69) is 0 Å². The van der Waals surface area contributed by atoms with E-state index in [9.17, 15) is 9.90 Å². The van der Waals surface area contributed by atoms with Crippen LogP contribution in [0, 0.1) is 0 Å². The fourth-order valence-electron chi connectivity index (χ4n) is 3.51. The Kier molecular flexibility index (Phi) is 4.50. The third-order valence-corrected chi connectivity index (χ3v) is 5.32. The molecule has 5 nitrogen and oxygen atoms in total. The molecule has 2 saturated heterocycles. The summed E-state index contributed by atoms with van der Waals surface area (Å²) in [6, 6.07) is 3.20. The molecule has 0 saturated carbocycles. The molecule has 0 aromatic heterocycles. The molecule has 1 amide bonds. The quantitative estimate of drug-likeness (QED) is 0.875. The van der Waals surface area contributed by atoms with E-state index in [1.54, 1.807) is 12.1 Å². The van der Waals surface area contributed by atoms with Crippen molar-refractivity contribution in [1.82, 2.24) is 9.80 Å². The predicted molar refractivity (Wildman–Crippen MR) is 84.5 cm³/mol. The Hall–Kier alpha value is -1.01. The second-order valence-corrected chi connectivity index (χ2v) is 6.67. The first-order valence-corrected chi connectivity index (χ1v) is 8.06. The average Bonchev–Trinajstić information content (AvgIpc) is 2.88. The maximum Gasteiger partial charge on any atom is 0.237 e. The van der Waals surface area contributed by atoms with Gasteiger partial charge in [-0.1, -0.05) is 23.2 Å². The largest absolute Gasteiger partial charge is 0.508 e. The molecular formula is C15H18Cl2N2O3. The minimum absolute atomic E-state index is 0.0192. The number of aliphatic hydroxyl groups excluding tert-OH is 1. The standard InChI is InChI=1S/C15H18Cl2N2O3/c16-11-1-2-12(21)14(15(11)17)9-5-10-7-18(3-4-20)8-13(22)19(10)6-9/h1-2,9-10,20-21H,3-8H2/t9-,10-/m0/s1. The number of piperazine rings is 1. The van der Waals surface area contributed by atoms with Crippen molar-refractivity contribution in [3.63, 3.8) is 0 Å². The molecule has 22 heavy (non-hydrogen) atoms. The summed E-state index contributed by atoms with van der Waals surface area (Å²) in [6.45, 7) is 2.17. The molecule has 0 spiro atoms. The minimum Gasteiger partial charge on any atom is -0.508 e. The topological polar surface area (TPSA) is 64.0 Å². The molecule has 0 bridgehead atoms. The Balaban J connectivity index is 1.83. The van der Waals surface area contributed by atoms with Crippen LogP contribution in [-0.4, -0.2) is 64.7 Å². The highest BCUT2D eigenvalue weighted by molar-refractivity contribution is 6.42. The highest BCUT2D eigenvalue weighted by Gasteiger charge is 2.41. The number of halogens is 2. The van der Waals surface area contributed by atoms with Crippen molar-refractivity contribution in [2.24, 2.45) is 0 Å². The van der Waals surface area contributed by atoms with Crippen LogP contribution >= 0.6 is 23.2 Å². The van der Waals surface area contributed by atoms with Gasteiger partial charge in [-0.3, -0.25) is 9.69 Å².